The van der Waals surface area contributed by atoms with Gasteiger partial charge in [-0.1, -0.05) is 37.6 Å². The largest absolute Gasteiger partial charge is 0.339 e. The van der Waals surface area contributed by atoms with E-state index in [0.717, 1.165) is 18.4 Å². The summed E-state index contributed by atoms with van der Waals surface area (Å²) < 4.78 is 29.4. The number of anilines is 3. The fourth-order valence-corrected chi connectivity index (χ4v) is 4.72. The highest BCUT2D eigenvalue weighted by molar-refractivity contribution is 5.90. The minimum atomic E-state index is -0.805. The molecule has 1 aliphatic rings. The molecule has 1 unspecified atom stereocenters. The first-order valence-corrected chi connectivity index (χ1v) is 13.8. The quantitative estimate of drug-likeness (QED) is 0.216. The molecule has 1 atom stereocenters. The maximum Gasteiger partial charge on any atom is 0.244 e. The van der Waals surface area contributed by atoms with Crippen LogP contribution in [0.4, 0.5) is 26.0 Å². The zero-order chi connectivity index (χ0) is 29.6. The van der Waals surface area contributed by atoms with Crippen molar-refractivity contribution in [2.24, 2.45) is 5.73 Å². The number of aromatic nitrogens is 2. The Bertz CT molecular complexity index is 1600. The van der Waals surface area contributed by atoms with Crippen LogP contribution in [0.3, 0.4) is 0 Å². The molecule has 216 valence electrons. The van der Waals surface area contributed by atoms with Gasteiger partial charge in [0, 0.05) is 35.8 Å². The second-order valence-electron chi connectivity index (χ2n) is 10.2. The van der Waals surface area contributed by atoms with Crippen molar-refractivity contribution in [2.45, 2.75) is 45.2 Å². The van der Waals surface area contributed by atoms with Gasteiger partial charge in [0.15, 0.2) is 0 Å². The second-order valence-corrected chi connectivity index (χ2v) is 10.2. The number of nitrogens with two attached hydrogens (primary N) is 1. The highest BCUT2D eigenvalue weighted by Crippen LogP contribution is 2.34. The molecule has 2 amide bonds. The fourth-order valence-electron chi connectivity index (χ4n) is 4.72. The van der Waals surface area contributed by atoms with Gasteiger partial charge in [-0.2, -0.15) is 0 Å². The van der Waals surface area contributed by atoms with Crippen LogP contribution >= 0.6 is 0 Å². The molecule has 0 saturated carbocycles. The third-order valence-corrected chi connectivity index (χ3v) is 6.95. The van der Waals surface area contributed by atoms with Crippen molar-refractivity contribution in [1.29, 1.82) is 0 Å². The molecular weight excluding hydrogens is 538 g/mol. The van der Waals surface area contributed by atoms with Gasteiger partial charge in [0.05, 0.1) is 12.6 Å². The molecule has 1 aromatic heterocycles. The molecule has 42 heavy (non-hydrogen) atoms. The Kier molecular flexibility index (Phi) is 8.73. The molecule has 0 radical (unpaired) electrons. The smallest absolute Gasteiger partial charge is 0.244 e. The van der Waals surface area contributed by atoms with E-state index in [0.29, 0.717) is 47.1 Å². The number of nitrogens with zero attached hydrogens (tertiary/aromatic N) is 3. The molecule has 1 aliphatic heterocycles. The lowest BCUT2D eigenvalue weighted by Crippen LogP contribution is -2.43. The Morgan fingerprint density at radius 2 is 1.71 bits per heavy atom. The van der Waals surface area contributed by atoms with Gasteiger partial charge in [-0.25, -0.2) is 13.8 Å². The number of fused-ring (bicyclic) bond motifs is 1. The van der Waals surface area contributed by atoms with Crippen LogP contribution in [0.25, 0.3) is 17.5 Å². The zero-order valence-electron chi connectivity index (χ0n) is 23.2. The lowest BCUT2D eigenvalue weighted by atomic mass is 10.0. The van der Waals surface area contributed by atoms with E-state index >= 15 is 0 Å². The summed E-state index contributed by atoms with van der Waals surface area (Å²) in [4.78, 5) is 31.5. The summed E-state index contributed by atoms with van der Waals surface area (Å²) in [5, 5.41) is 6.13. The number of carbonyl (C=O) groups is 2. The molecule has 4 aromatic rings. The van der Waals surface area contributed by atoms with E-state index in [2.05, 4.69) is 10.6 Å². The SMILES string of the molecule is CCCCC(=O)Nc1ccc(CC(N)C(=O)N2C=Cn3c(nc(-c4cccc(F)c4)c3Nc3ccc(F)cc3)C2)cc1. The Morgan fingerprint density at radius 1 is 0.976 bits per heavy atom. The number of carbonyl (C=O) groups excluding carboxylic acids is 2. The monoisotopic (exact) mass is 570 g/mol. The van der Waals surface area contributed by atoms with Crippen molar-refractivity contribution in [3.05, 3.63) is 102 Å². The molecule has 10 heteroatoms. The molecule has 0 aliphatic carbocycles. The highest BCUT2D eigenvalue weighted by Gasteiger charge is 2.27. The predicted molar refractivity (Wildman–Crippen MR) is 159 cm³/mol. The lowest BCUT2D eigenvalue weighted by Gasteiger charge is -2.25. The average molecular weight is 571 g/mol. The minimum Gasteiger partial charge on any atom is -0.339 e. The Balaban J connectivity index is 1.31. The Hall–Kier alpha value is -4.83. The van der Waals surface area contributed by atoms with Crippen molar-refractivity contribution in [1.82, 2.24) is 14.5 Å². The van der Waals surface area contributed by atoms with Crippen LogP contribution in [0.1, 0.15) is 37.6 Å². The molecule has 2 heterocycles. The van der Waals surface area contributed by atoms with Crippen molar-refractivity contribution in [3.8, 4) is 11.3 Å². The van der Waals surface area contributed by atoms with E-state index in [4.69, 9.17) is 10.7 Å². The number of rotatable bonds is 10. The van der Waals surface area contributed by atoms with Gasteiger partial charge in [0.25, 0.3) is 0 Å². The number of unbranched alkanes of at least 4 members (excludes halogenated alkanes) is 1. The van der Waals surface area contributed by atoms with Crippen LogP contribution in [-0.2, 0) is 22.6 Å². The van der Waals surface area contributed by atoms with Crippen LogP contribution in [0.2, 0.25) is 0 Å². The van der Waals surface area contributed by atoms with Crippen LogP contribution in [-0.4, -0.2) is 32.3 Å². The van der Waals surface area contributed by atoms with Gasteiger partial charge >= 0.3 is 0 Å². The van der Waals surface area contributed by atoms with Gasteiger partial charge in [-0.05, 0) is 66.9 Å². The van der Waals surface area contributed by atoms with E-state index in [1.54, 1.807) is 53.4 Å². The molecule has 0 spiro atoms. The normalized spacial score (nSPS) is 13.0. The number of nitrogens with one attached hydrogen (secondary N) is 2. The first kappa shape index (κ1) is 28.7. The summed E-state index contributed by atoms with van der Waals surface area (Å²) in [6.07, 6.45) is 5.91. The number of hydrogen-bond donors (Lipinski definition) is 3. The summed E-state index contributed by atoms with van der Waals surface area (Å²) in [6, 6.07) is 18.5. The van der Waals surface area contributed by atoms with Crippen LogP contribution in [0, 0.1) is 11.6 Å². The van der Waals surface area contributed by atoms with Gasteiger partial charge in [-0.3, -0.25) is 14.2 Å². The first-order chi connectivity index (χ1) is 20.3. The van der Waals surface area contributed by atoms with Crippen LogP contribution < -0.4 is 16.4 Å². The summed E-state index contributed by atoms with van der Waals surface area (Å²) in [5.74, 6) is 0.0241. The fraction of sp³-hybridized carbons (Fsp3) is 0.219. The van der Waals surface area contributed by atoms with Crippen molar-refractivity contribution in [3.63, 3.8) is 0 Å². The maximum atomic E-state index is 14.1. The van der Waals surface area contributed by atoms with Crippen molar-refractivity contribution >= 4 is 35.2 Å². The molecule has 0 bridgehead atoms. The van der Waals surface area contributed by atoms with E-state index in [-0.39, 0.29) is 24.2 Å². The molecular formula is C32H32F2N6O2. The highest BCUT2D eigenvalue weighted by atomic mass is 19.1. The Morgan fingerprint density at radius 3 is 2.43 bits per heavy atom. The van der Waals surface area contributed by atoms with E-state index < -0.39 is 11.9 Å². The molecule has 0 saturated heterocycles. The van der Waals surface area contributed by atoms with Crippen molar-refractivity contribution < 1.29 is 18.4 Å². The van der Waals surface area contributed by atoms with Crippen LogP contribution in [0.5, 0.6) is 0 Å². The zero-order valence-corrected chi connectivity index (χ0v) is 23.2. The second kappa shape index (κ2) is 12.8. The van der Waals surface area contributed by atoms with E-state index in [1.807, 2.05) is 19.1 Å². The topological polar surface area (TPSA) is 105 Å². The lowest BCUT2D eigenvalue weighted by molar-refractivity contribution is -0.130. The van der Waals surface area contributed by atoms with Gasteiger partial charge in [-0.15, -0.1) is 0 Å². The molecule has 0 fully saturated rings. The van der Waals surface area contributed by atoms with Gasteiger partial charge in [0.2, 0.25) is 11.8 Å². The third kappa shape index (κ3) is 6.72. The number of amides is 2. The summed E-state index contributed by atoms with van der Waals surface area (Å²) >= 11 is 0. The summed E-state index contributed by atoms with van der Waals surface area (Å²) in [5.41, 5.74) is 9.55. The molecule has 4 N–H and O–H groups in total. The number of benzene rings is 3. The summed E-state index contributed by atoms with van der Waals surface area (Å²) in [7, 11) is 0. The van der Waals surface area contributed by atoms with E-state index in [1.165, 1.54) is 29.2 Å². The number of halogens is 2. The van der Waals surface area contributed by atoms with Crippen LogP contribution in [0.15, 0.2) is 79.0 Å². The number of imidazole rings is 1. The number of hydrogen-bond acceptors (Lipinski definition) is 5. The third-order valence-electron chi connectivity index (χ3n) is 6.95. The first-order valence-electron chi connectivity index (χ1n) is 13.8. The van der Waals surface area contributed by atoms with Gasteiger partial charge in [0.1, 0.15) is 29.0 Å². The molecule has 5 rings (SSSR count). The molecule has 3 aromatic carbocycles. The van der Waals surface area contributed by atoms with Crippen molar-refractivity contribution in [2.75, 3.05) is 10.6 Å². The van der Waals surface area contributed by atoms with Gasteiger partial charge < -0.3 is 21.3 Å². The standard InChI is InChI=1S/C32H32F2N6O2/c1-2-3-7-29(41)36-25-12-8-21(9-13-25)18-27(35)32(42)39-16-17-40-28(20-39)38-30(22-5-4-6-24(34)19-22)31(40)37-26-14-10-23(33)11-15-26/h4-6,8-17,19,27,37H,2-3,7,18,20,35H2,1H3,(H,36,41). The summed E-state index contributed by atoms with van der Waals surface area (Å²) in [6.45, 7) is 2.19. The molecule has 8 nitrogen and oxygen atoms in total. The predicted octanol–water partition coefficient (Wildman–Crippen LogP) is 6.04. The maximum absolute atomic E-state index is 14.1. The minimum absolute atomic E-state index is 0.0247. The Labute approximate surface area is 242 Å². The average Bonchev–Trinajstić information content (AvgIpc) is 3.35. The van der Waals surface area contributed by atoms with E-state index in [9.17, 15) is 18.4 Å².